The fraction of sp³-hybridized carbons (Fsp3) is 0.471. The van der Waals surface area contributed by atoms with Gasteiger partial charge in [-0.3, -0.25) is 4.90 Å². The van der Waals surface area contributed by atoms with Gasteiger partial charge in [0.1, 0.15) is 11.9 Å². The van der Waals surface area contributed by atoms with Gasteiger partial charge in [0, 0.05) is 31.2 Å². The van der Waals surface area contributed by atoms with E-state index < -0.39 is 6.09 Å². The summed E-state index contributed by atoms with van der Waals surface area (Å²) in [7, 11) is 0. The zero-order valence-electron chi connectivity index (χ0n) is 14.0. The van der Waals surface area contributed by atoms with Crippen molar-refractivity contribution in [1.82, 2.24) is 5.32 Å². The summed E-state index contributed by atoms with van der Waals surface area (Å²) in [5.41, 5.74) is 6.38. The average Bonchev–Trinajstić information content (AvgIpc) is 2.81. The van der Waals surface area contributed by atoms with Gasteiger partial charge in [0.2, 0.25) is 0 Å². The minimum absolute atomic E-state index is 0.297. The minimum atomic E-state index is -0.457. The molecule has 3 N–H and O–H groups in total. The molecule has 25 heavy (non-hydrogen) atoms. The van der Waals surface area contributed by atoms with Crippen LogP contribution in [-0.4, -0.2) is 49.9 Å². The lowest BCUT2D eigenvalue weighted by atomic mass is 10.2. The summed E-state index contributed by atoms with van der Waals surface area (Å²) in [4.78, 5) is 15.6. The Morgan fingerprint density at radius 3 is 3.08 bits per heavy atom. The number of hydrogen-bond acceptors (Lipinski definition) is 6. The van der Waals surface area contributed by atoms with Crippen molar-refractivity contribution < 1.29 is 13.9 Å². The Kier molecular flexibility index (Phi) is 5.91. The van der Waals surface area contributed by atoms with Crippen molar-refractivity contribution in [2.45, 2.75) is 12.5 Å². The van der Waals surface area contributed by atoms with Crippen molar-refractivity contribution in [3.8, 4) is 0 Å². The fourth-order valence-electron chi connectivity index (χ4n) is 3.01. The Hall–Kier alpha value is -2.09. The molecule has 3 rings (SSSR count). The number of thioether (sulfide) groups is 1. The van der Waals surface area contributed by atoms with Gasteiger partial charge in [0.25, 0.3) is 0 Å². The Labute approximate surface area is 151 Å². The van der Waals surface area contributed by atoms with Gasteiger partial charge in [-0.25, -0.2) is 9.18 Å². The summed E-state index contributed by atoms with van der Waals surface area (Å²) in [6.07, 6.45) is 3.26. The van der Waals surface area contributed by atoms with E-state index in [0.717, 1.165) is 31.0 Å². The highest BCUT2D eigenvalue weighted by Crippen LogP contribution is 2.29. The second-order valence-corrected chi connectivity index (χ2v) is 7.20. The highest BCUT2D eigenvalue weighted by molar-refractivity contribution is 7.99. The third kappa shape index (κ3) is 4.31. The molecule has 2 fully saturated rings. The smallest absolute Gasteiger partial charge is 0.414 e. The van der Waals surface area contributed by atoms with Gasteiger partial charge >= 0.3 is 6.09 Å². The molecule has 0 bridgehead atoms. The summed E-state index contributed by atoms with van der Waals surface area (Å²) in [6, 6.07) is 4.97. The quantitative estimate of drug-likeness (QED) is 0.832. The Balaban J connectivity index is 1.68. The maximum absolute atomic E-state index is 14.6. The summed E-state index contributed by atoms with van der Waals surface area (Å²) in [5.74, 6) is 1.82. The van der Waals surface area contributed by atoms with Crippen LogP contribution in [0.3, 0.4) is 0 Å². The largest absolute Gasteiger partial charge is 0.442 e. The molecule has 1 unspecified atom stereocenters. The van der Waals surface area contributed by atoms with Gasteiger partial charge < -0.3 is 20.7 Å². The molecule has 8 heteroatoms. The number of nitrogens with one attached hydrogen (secondary N) is 1. The Morgan fingerprint density at radius 2 is 2.28 bits per heavy atom. The molecule has 2 heterocycles. The van der Waals surface area contributed by atoms with E-state index >= 15 is 0 Å². The van der Waals surface area contributed by atoms with E-state index in [1.807, 2.05) is 11.8 Å². The van der Waals surface area contributed by atoms with Gasteiger partial charge in [-0.1, -0.05) is 0 Å². The Morgan fingerprint density at radius 1 is 1.40 bits per heavy atom. The first kappa shape index (κ1) is 17.7. The van der Waals surface area contributed by atoms with E-state index in [1.54, 1.807) is 18.3 Å². The molecule has 1 aromatic carbocycles. The molecular formula is C17H23FN4O2S. The van der Waals surface area contributed by atoms with Crippen LogP contribution in [0.25, 0.3) is 0 Å². The molecule has 2 aliphatic rings. The zero-order valence-corrected chi connectivity index (χ0v) is 14.8. The molecule has 0 aromatic heterocycles. The van der Waals surface area contributed by atoms with E-state index in [9.17, 15) is 9.18 Å². The van der Waals surface area contributed by atoms with Crippen molar-refractivity contribution >= 4 is 29.2 Å². The van der Waals surface area contributed by atoms with Crippen LogP contribution in [0.5, 0.6) is 0 Å². The molecular weight excluding hydrogens is 343 g/mol. The van der Waals surface area contributed by atoms with Crippen molar-refractivity contribution in [2.75, 3.05) is 47.5 Å². The number of carbonyl (C=O) groups excluding carboxylic acids is 1. The summed E-state index contributed by atoms with van der Waals surface area (Å²) in [5, 5.41) is 2.95. The van der Waals surface area contributed by atoms with Crippen LogP contribution in [0, 0.1) is 5.82 Å². The molecule has 1 atom stereocenters. The highest BCUT2D eigenvalue weighted by Gasteiger charge is 2.32. The van der Waals surface area contributed by atoms with Crippen LogP contribution < -0.4 is 20.9 Å². The first-order chi connectivity index (χ1) is 12.2. The number of rotatable bonds is 5. The van der Waals surface area contributed by atoms with Crippen molar-refractivity contribution in [3.05, 3.63) is 36.4 Å². The highest BCUT2D eigenvalue weighted by atomic mass is 32.2. The minimum Gasteiger partial charge on any atom is -0.442 e. The molecule has 1 amide bonds. The molecule has 136 valence electrons. The summed E-state index contributed by atoms with van der Waals surface area (Å²) in [6.45, 7) is 2.54. The number of hydrogen-bond donors (Lipinski definition) is 2. The average molecular weight is 366 g/mol. The molecule has 0 aliphatic carbocycles. The van der Waals surface area contributed by atoms with Crippen molar-refractivity contribution in [2.24, 2.45) is 5.73 Å². The Bertz CT molecular complexity index is 635. The normalized spacial score (nSPS) is 21.5. The lowest BCUT2D eigenvalue weighted by molar-refractivity contribution is 0.142. The van der Waals surface area contributed by atoms with Crippen LogP contribution in [0.4, 0.5) is 20.6 Å². The summed E-state index contributed by atoms with van der Waals surface area (Å²) >= 11 is 1.90. The number of carbonyl (C=O) groups is 1. The predicted octanol–water partition coefficient (Wildman–Crippen LogP) is 2.11. The van der Waals surface area contributed by atoms with E-state index in [-0.39, 0.29) is 11.9 Å². The van der Waals surface area contributed by atoms with Crippen LogP contribution in [0.1, 0.15) is 6.42 Å². The van der Waals surface area contributed by atoms with Crippen LogP contribution >= 0.6 is 11.8 Å². The van der Waals surface area contributed by atoms with Gasteiger partial charge in [-0.2, -0.15) is 11.8 Å². The number of amides is 1. The third-order valence-corrected chi connectivity index (χ3v) is 5.29. The van der Waals surface area contributed by atoms with Crippen LogP contribution in [0.2, 0.25) is 0 Å². The maximum atomic E-state index is 14.6. The second kappa shape index (κ2) is 8.33. The predicted molar refractivity (Wildman–Crippen MR) is 99.5 cm³/mol. The van der Waals surface area contributed by atoms with E-state index in [0.29, 0.717) is 24.5 Å². The standard InChI is InChI=1S/C17H23FN4O2S/c18-15-10-13(2-3-16(15)21-6-1-8-25-9-7-21)22-12-14(24-17(22)23)11-20-5-4-19/h2-5,10,14,20H,1,6-9,11-12,19H2/b5-4-. The monoisotopic (exact) mass is 366 g/mol. The van der Waals surface area contributed by atoms with Gasteiger partial charge in [0.05, 0.1) is 24.5 Å². The van der Waals surface area contributed by atoms with Crippen molar-refractivity contribution in [3.63, 3.8) is 0 Å². The van der Waals surface area contributed by atoms with E-state index in [2.05, 4.69) is 10.2 Å². The summed E-state index contributed by atoms with van der Waals surface area (Å²) < 4.78 is 19.9. The second-order valence-electron chi connectivity index (χ2n) is 5.97. The third-order valence-electron chi connectivity index (χ3n) is 4.24. The topological polar surface area (TPSA) is 70.8 Å². The SMILES string of the molecule is N/C=C\NCC1CN(c2ccc(N3CCCSCC3)c(F)c2)C(=O)O1. The molecule has 1 aromatic rings. The number of halogens is 1. The van der Waals surface area contributed by atoms with Crippen LogP contribution in [0.15, 0.2) is 30.6 Å². The van der Waals surface area contributed by atoms with Gasteiger partial charge in [0.15, 0.2) is 0 Å². The van der Waals surface area contributed by atoms with Gasteiger partial charge in [-0.15, -0.1) is 0 Å². The van der Waals surface area contributed by atoms with E-state index in [4.69, 9.17) is 10.5 Å². The first-order valence-electron chi connectivity index (χ1n) is 8.39. The molecule has 0 saturated carbocycles. The number of benzene rings is 1. The first-order valence-corrected chi connectivity index (χ1v) is 9.55. The molecule has 2 aliphatic heterocycles. The lowest BCUT2D eigenvalue weighted by Gasteiger charge is -2.24. The molecule has 6 nitrogen and oxygen atoms in total. The fourth-order valence-corrected chi connectivity index (χ4v) is 3.90. The van der Waals surface area contributed by atoms with Gasteiger partial charge in [-0.05, 0) is 30.4 Å². The molecule has 0 radical (unpaired) electrons. The number of ether oxygens (including phenoxy) is 1. The number of nitrogens with two attached hydrogens (primary N) is 1. The van der Waals surface area contributed by atoms with E-state index in [1.165, 1.54) is 17.2 Å². The number of cyclic esters (lactones) is 1. The number of anilines is 2. The lowest BCUT2D eigenvalue weighted by Crippen LogP contribution is -2.29. The molecule has 0 spiro atoms. The van der Waals surface area contributed by atoms with Crippen LogP contribution in [-0.2, 0) is 4.74 Å². The maximum Gasteiger partial charge on any atom is 0.414 e. The molecule has 2 saturated heterocycles. The van der Waals surface area contributed by atoms with Crippen molar-refractivity contribution in [1.29, 1.82) is 0 Å². The zero-order chi connectivity index (χ0) is 17.6. The number of nitrogens with zero attached hydrogens (tertiary/aromatic N) is 2.